The number of esters is 1. The molecule has 36 heavy (non-hydrogen) atoms. The fourth-order valence-corrected chi connectivity index (χ4v) is 3.84. The van der Waals surface area contributed by atoms with E-state index >= 15 is 0 Å². The first-order valence-electron chi connectivity index (χ1n) is 11.2. The maximum absolute atomic E-state index is 13.5. The summed E-state index contributed by atoms with van der Waals surface area (Å²) in [5.74, 6) is -2.76. The van der Waals surface area contributed by atoms with Gasteiger partial charge in [-0.15, -0.1) is 0 Å². The van der Waals surface area contributed by atoms with E-state index < -0.39 is 29.7 Å². The van der Waals surface area contributed by atoms with Gasteiger partial charge < -0.3 is 15.8 Å². The molecule has 0 aliphatic rings. The Labute approximate surface area is 219 Å². The lowest BCUT2D eigenvalue weighted by Gasteiger charge is -2.21. The van der Waals surface area contributed by atoms with Crippen LogP contribution >= 0.6 is 23.2 Å². The van der Waals surface area contributed by atoms with Crippen LogP contribution < -0.4 is 11.1 Å². The topological polar surface area (TPSA) is 111 Å². The van der Waals surface area contributed by atoms with Crippen LogP contribution in [0.2, 0.25) is 10.0 Å². The minimum atomic E-state index is -1.20. The van der Waals surface area contributed by atoms with Crippen molar-refractivity contribution in [2.75, 3.05) is 6.61 Å². The third-order valence-electron chi connectivity index (χ3n) is 5.28. The van der Waals surface area contributed by atoms with E-state index in [4.69, 9.17) is 33.7 Å². The maximum Gasteiger partial charge on any atom is 0.306 e. The first-order chi connectivity index (χ1) is 17.3. The Hall–Kier alpha value is -3.68. The number of nitrogens with one attached hydrogen (secondary N) is 1. The van der Waals surface area contributed by atoms with Gasteiger partial charge in [-0.2, -0.15) is 4.99 Å². The number of hydrogen-bond donors (Lipinski definition) is 2. The molecule has 9 heteroatoms. The van der Waals surface area contributed by atoms with Crippen molar-refractivity contribution in [2.45, 2.75) is 25.3 Å². The van der Waals surface area contributed by atoms with Crippen LogP contribution in [0, 0.1) is 0 Å². The first-order valence-corrected chi connectivity index (χ1v) is 11.9. The Morgan fingerprint density at radius 3 is 2.25 bits per heavy atom. The molecule has 0 aliphatic carbocycles. The van der Waals surface area contributed by atoms with Crippen molar-refractivity contribution in [3.05, 3.63) is 106 Å². The molecule has 0 heterocycles. The molecular weight excluding hydrogens is 501 g/mol. The number of nitrogens with zero attached hydrogens (tertiary/aromatic N) is 1. The van der Waals surface area contributed by atoms with Crippen LogP contribution in [-0.2, 0) is 19.1 Å². The van der Waals surface area contributed by atoms with E-state index in [1.54, 1.807) is 79.7 Å². The number of nitrogens with two attached hydrogens (primary N) is 1. The lowest BCUT2D eigenvalue weighted by atomic mass is 9.94. The van der Waals surface area contributed by atoms with Gasteiger partial charge in [-0.3, -0.25) is 14.4 Å². The van der Waals surface area contributed by atoms with Crippen LogP contribution in [-0.4, -0.2) is 30.2 Å². The fraction of sp³-hybridized carbons (Fsp3) is 0.185. The Kier molecular flexibility index (Phi) is 9.61. The van der Waals surface area contributed by atoms with Crippen molar-refractivity contribution in [2.24, 2.45) is 10.7 Å². The van der Waals surface area contributed by atoms with Crippen LogP contribution in [0.25, 0.3) is 0 Å². The van der Waals surface area contributed by atoms with E-state index in [1.807, 2.05) is 6.07 Å². The average molecular weight is 526 g/mol. The number of benzene rings is 3. The predicted molar refractivity (Wildman–Crippen MR) is 140 cm³/mol. The normalized spacial score (nSPS) is 12.9. The summed E-state index contributed by atoms with van der Waals surface area (Å²) >= 11 is 12.1. The number of aliphatic imine (C=N–C) groups is 1. The molecular formula is C27H25Cl2N3O4. The number of hydrogen-bond acceptors (Lipinski definition) is 4. The summed E-state index contributed by atoms with van der Waals surface area (Å²) in [5.41, 5.74) is 7.56. The van der Waals surface area contributed by atoms with Crippen LogP contribution in [0.15, 0.2) is 83.9 Å². The molecule has 3 aromatic rings. The molecule has 2 amide bonds. The van der Waals surface area contributed by atoms with Crippen molar-refractivity contribution in [1.82, 2.24) is 5.32 Å². The van der Waals surface area contributed by atoms with Gasteiger partial charge in [0, 0.05) is 15.6 Å². The summed E-state index contributed by atoms with van der Waals surface area (Å²) in [6.07, 6.45) is -0.229. The molecule has 3 aromatic carbocycles. The lowest BCUT2D eigenvalue weighted by molar-refractivity contribution is -0.145. The van der Waals surface area contributed by atoms with Gasteiger partial charge in [0.25, 0.3) is 5.91 Å². The Bertz CT molecular complexity index is 1250. The van der Waals surface area contributed by atoms with Crippen molar-refractivity contribution in [3.8, 4) is 0 Å². The predicted octanol–water partition coefficient (Wildman–Crippen LogP) is 4.82. The van der Waals surface area contributed by atoms with E-state index in [0.717, 1.165) is 0 Å². The second-order valence-electron chi connectivity index (χ2n) is 7.81. The number of amides is 2. The number of rotatable bonds is 9. The van der Waals surface area contributed by atoms with Gasteiger partial charge in [-0.1, -0.05) is 77.8 Å². The highest BCUT2D eigenvalue weighted by Crippen LogP contribution is 2.26. The quantitative estimate of drug-likeness (QED) is 0.236. The number of halogens is 2. The van der Waals surface area contributed by atoms with Gasteiger partial charge in [0.05, 0.1) is 18.9 Å². The molecule has 0 aromatic heterocycles. The molecule has 2 atom stereocenters. The molecule has 7 nitrogen and oxygen atoms in total. The molecule has 2 unspecified atom stereocenters. The van der Waals surface area contributed by atoms with E-state index in [1.165, 1.54) is 0 Å². The van der Waals surface area contributed by atoms with Gasteiger partial charge in [0.1, 0.15) is 11.9 Å². The second-order valence-corrected chi connectivity index (χ2v) is 8.68. The second kappa shape index (κ2) is 12.9. The Morgan fingerprint density at radius 2 is 1.61 bits per heavy atom. The van der Waals surface area contributed by atoms with E-state index in [0.29, 0.717) is 26.7 Å². The molecule has 0 saturated heterocycles. The minimum absolute atomic E-state index is 0.00246. The highest BCUT2D eigenvalue weighted by atomic mass is 35.5. The molecule has 0 fully saturated rings. The van der Waals surface area contributed by atoms with Crippen molar-refractivity contribution in [1.29, 1.82) is 0 Å². The SMILES string of the molecule is CCOC(=O)CC(C(=O)NC(C(=O)N=C(N)c1ccccc1)c1cccc(Cl)c1)c1ccc(Cl)cc1. The summed E-state index contributed by atoms with van der Waals surface area (Å²) in [7, 11) is 0. The highest BCUT2D eigenvalue weighted by Gasteiger charge is 2.30. The van der Waals surface area contributed by atoms with Gasteiger partial charge >= 0.3 is 5.97 Å². The maximum atomic E-state index is 13.5. The summed E-state index contributed by atoms with van der Waals surface area (Å²) in [4.78, 5) is 43.1. The average Bonchev–Trinajstić information content (AvgIpc) is 2.87. The third kappa shape index (κ3) is 7.41. The molecule has 0 bridgehead atoms. The molecule has 0 aliphatic heterocycles. The van der Waals surface area contributed by atoms with Gasteiger partial charge in [0.2, 0.25) is 5.91 Å². The van der Waals surface area contributed by atoms with Crippen LogP contribution in [0.5, 0.6) is 0 Å². The molecule has 0 radical (unpaired) electrons. The van der Waals surface area contributed by atoms with Crippen LogP contribution in [0.1, 0.15) is 42.0 Å². The molecule has 186 valence electrons. The molecule has 3 rings (SSSR count). The minimum Gasteiger partial charge on any atom is -0.466 e. The van der Waals surface area contributed by atoms with Crippen molar-refractivity contribution >= 4 is 46.8 Å². The van der Waals surface area contributed by atoms with Gasteiger partial charge in [-0.05, 0) is 42.3 Å². The summed E-state index contributed by atoms with van der Waals surface area (Å²) in [6.45, 7) is 1.85. The zero-order valence-electron chi connectivity index (χ0n) is 19.5. The van der Waals surface area contributed by atoms with E-state index in [-0.39, 0.29) is 18.9 Å². The van der Waals surface area contributed by atoms with Gasteiger partial charge in [0.15, 0.2) is 0 Å². The smallest absolute Gasteiger partial charge is 0.306 e. The van der Waals surface area contributed by atoms with Crippen LogP contribution in [0.4, 0.5) is 0 Å². The Balaban J connectivity index is 1.95. The number of ether oxygens (including phenoxy) is 1. The zero-order valence-corrected chi connectivity index (χ0v) is 21.0. The fourth-order valence-electron chi connectivity index (χ4n) is 3.52. The summed E-state index contributed by atoms with van der Waals surface area (Å²) < 4.78 is 5.05. The van der Waals surface area contributed by atoms with Gasteiger partial charge in [-0.25, -0.2) is 0 Å². The number of amidine groups is 1. The monoisotopic (exact) mass is 525 g/mol. The van der Waals surface area contributed by atoms with Crippen molar-refractivity contribution in [3.63, 3.8) is 0 Å². The van der Waals surface area contributed by atoms with E-state index in [2.05, 4.69) is 10.3 Å². The largest absolute Gasteiger partial charge is 0.466 e. The first kappa shape index (κ1) is 26.9. The number of carbonyl (C=O) groups excluding carboxylic acids is 3. The standard InChI is InChI=1S/C27H25Cl2N3O4/c1-2-36-23(33)16-22(17-11-13-20(28)14-12-17)26(34)31-24(19-9-6-10-21(29)15-19)27(35)32-25(30)18-7-4-3-5-8-18/h3-15,22,24H,2,16H2,1H3,(H,31,34)(H2,30,32,35). The van der Waals surface area contributed by atoms with E-state index in [9.17, 15) is 14.4 Å². The lowest BCUT2D eigenvalue weighted by Crippen LogP contribution is -2.38. The summed E-state index contributed by atoms with van der Waals surface area (Å²) in [6, 6.07) is 20.6. The molecule has 0 spiro atoms. The molecule has 3 N–H and O–H groups in total. The number of carbonyl (C=O) groups is 3. The highest BCUT2D eigenvalue weighted by molar-refractivity contribution is 6.31. The molecule has 0 saturated carbocycles. The zero-order chi connectivity index (χ0) is 26.1. The third-order valence-corrected chi connectivity index (χ3v) is 5.77. The van der Waals surface area contributed by atoms with Crippen LogP contribution in [0.3, 0.4) is 0 Å². The van der Waals surface area contributed by atoms with Crippen molar-refractivity contribution < 1.29 is 19.1 Å². The Morgan fingerprint density at radius 1 is 0.917 bits per heavy atom. The summed E-state index contributed by atoms with van der Waals surface area (Å²) in [5, 5.41) is 3.58.